The van der Waals surface area contributed by atoms with Crippen molar-refractivity contribution in [3.05, 3.63) is 41.6 Å². The summed E-state index contributed by atoms with van der Waals surface area (Å²) in [5, 5.41) is 4.98. The highest BCUT2D eigenvalue weighted by Crippen LogP contribution is 2.32. The lowest BCUT2D eigenvalue weighted by molar-refractivity contribution is -0.136. The van der Waals surface area contributed by atoms with Crippen LogP contribution < -0.4 is 4.90 Å². The first-order valence-electron chi connectivity index (χ1n) is 12.4. The average Bonchev–Trinajstić information content (AvgIpc) is 3.48. The van der Waals surface area contributed by atoms with Crippen molar-refractivity contribution in [3.63, 3.8) is 0 Å². The lowest BCUT2D eigenvalue weighted by Gasteiger charge is -2.35. The molecule has 0 unspecified atom stereocenters. The smallest absolute Gasteiger partial charge is 0.225 e. The van der Waals surface area contributed by atoms with Gasteiger partial charge in [0.1, 0.15) is 5.82 Å². The Morgan fingerprint density at radius 1 is 1.12 bits per heavy atom. The highest BCUT2D eigenvalue weighted by molar-refractivity contribution is 5.79. The number of anilines is 1. The van der Waals surface area contributed by atoms with Gasteiger partial charge >= 0.3 is 0 Å². The Bertz CT molecular complexity index is 899. The lowest BCUT2D eigenvalue weighted by Crippen LogP contribution is -2.46. The van der Waals surface area contributed by atoms with Crippen LogP contribution in [0.15, 0.2) is 30.3 Å². The summed E-state index contributed by atoms with van der Waals surface area (Å²) in [6.07, 6.45) is 5.23. The van der Waals surface area contributed by atoms with Crippen LogP contribution in [0.4, 0.5) is 5.82 Å². The van der Waals surface area contributed by atoms with E-state index in [9.17, 15) is 4.79 Å². The van der Waals surface area contributed by atoms with Crippen LogP contribution in [0.5, 0.6) is 0 Å². The van der Waals surface area contributed by atoms with Gasteiger partial charge in [0.25, 0.3) is 0 Å². The normalized spacial score (nSPS) is 17.6. The fourth-order valence-corrected chi connectivity index (χ4v) is 5.11. The maximum atomic E-state index is 13.5. The summed E-state index contributed by atoms with van der Waals surface area (Å²) in [6.45, 7) is 8.06. The quantitative estimate of drug-likeness (QED) is 0.544. The molecule has 1 amide bonds. The SMILES string of the molecule is COCCCN(Cc1c(C)nn(-c2ccccc2)c1N1CCN(C)CC1)C(=O)C1CCCC1. The van der Waals surface area contributed by atoms with Crippen molar-refractivity contribution < 1.29 is 9.53 Å². The molecule has 33 heavy (non-hydrogen) atoms. The van der Waals surface area contributed by atoms with Crippen LogP contribution in [0.25, 0.3) is 5.69 Å². The predicted molar refractivity (Wildman–Crippen MR) is 132 cm³/mol. The van der Waals surface area contributed by atoms with Crippen molar-refractivity contribution in [3.8, 4) is 5.69 Å². The largest absolute Gasteiger partial charge is 0.385 e. The van der Waals surface area contributed by atoms with Gasteiger partial charge in [-0.05, 0) is 45.4 Å². The molecule has 2 aliphatic rings. The molecule has 0 spiro atoms. The van der Waals surface area contributed by atoms with Gasteiger partial charge in [0.15, 0.2) is 0 Å². The van der Waals surface area contributed by atoms with Crippen molar-refractivity contribution in [2.24, 2.45) is 5.92 Å². The van der Waals surface area contributed by atoms with Crippen LogP contribution in [-0.4, -0.2) is 79.0 Å². The maximum absolute atomic E-state index is 13.5. The first kappa shape index (κ1) is 23.8. The van der Waals surface area contributed by atoms with Crippen LogP contribution in [0.1, 0.15) is 43.4 Å². The highest BCUT2D eigenvalue weighted by atomic mass is 16.5. The van der Waals surface area contributed by atoms with Gasteiger partial charge in [-0.1, -0.05) is 31.0 Å². The summed E-state index contributed by atoms with van der Waals surface area (Å²) in [5.41, 5.74) is 3.24. The number of nitrogens with zero attached hydrogens (tertiary/aromatic N) is 5. The Kier molecular flexibility index (Phi) is 8.04. The van der Waals surface area contributed by atoms with Crippen molar-refractivity contribution in [1.29, 1.82) is 0 Å². The van der Waals surface area contributed by atoms with Crippen LogP contribution in [0.3, 0.4) is 0 Å². The van der Waals surface area contributed by atoms with Gasteiger partial charge in [-0.25, -0.2) is 4.68 Å². The second kappa shape index (κ2) is 11.2. The molecule has 2 fully saturated rings. The Labute approximate surface area is 198 Å². The van der Waals surface area contributed by atoms with Crippen molar-refractivity contribution in [2.45, 2.75) is 45.6 Å². The molecule has 4 rings (SSSR count). The molecule has 0 atom stereocenters. The first-order valence-corrected chi connectivity index (χ1v) is 12.4. The molecule has 1 aromatic heterocycles. The molecule has 1 saturated carbocycles. The summed E-state index contributed by atoms with van der Waals surface area (Å²) in [4.78, 5) is 20.4. The Morgan fingerprint density at radius 3 is 2.48 bits per heavy atom. The monoisotopic (exact) mass is 453 g/mol. The van der Waals surface area contributed by atoms with E-state index in [-0.39, 0.29) is 5.92 Å². The highest BCUT2D eigenvalue weighted by Gasteiger charge is 2.30. The number of ether oxygens (including phenoxy) is 1. The number of aromatic nitrogens is 2. The number of carbonyl (C=O) groups is 1. The summed E-state index contributed by atoms with van der Waals surface area (Å²) in [5.74, 6) is 1.62. The average molecular weight is 454 g/mol. The fraction of sp³-hybridized carbons (Fsp3) is 0.615. The van der Waals surface area contributed by atoms with E-state index in [1.54, 1.807) is 7.11 Å². The fourth-order valence-electron chi connectivity index (χ4n) is 5.11. The third-order valence-electron chi connectivity index (χ3n) is 7.10. The second-order valence-corrected chi connectivity index (χ2v) is 9.51. The van der Waals surface area contributed by atoms with Crippen LogP contribution in [-0.2, 0) is 16.1 Å². The molecule has 7 heteroatoms. The molecule has 7 nitrogen and oxygen atoms in total. The predicted octanol–water partition coefficient (Wildman–Crippen LogP) is 3.49. The minimum Gasteiger partial charge on any atom is -0.385 e. The molecule has 1 aliphatic carbocycles. The van der Waals surface area contributed by atoms with Gasteiger partial charge in [0, 0.05) is 57.9 Å². The van der Waals surface area contributed by atoms with Gasteiger partial charge in [-0.3, -0.25) is 4.79 Å². The first-order chi connectivity index (χ1) is 16.1. The van der Waals surface area contributed by atoms with Gasteiger partial charge < -0.3 is 19.4 Å². The molecule has 180 valence electrons. The number of para-hydroxylation sites is 1. The molecule has 2 heterocycles. The van der Waals surface area contributed by atoms with Gasteiger partial charge in [-0.15, -0.1) is 0 Å². The van der Waals surface area contributed by atoms with E-state index in [0.717, 1.165) is 69.2 Å². The van der Waals surface area contributed by atoms with E-state index in [0.29, 0.717) is 19.1 Å². The molecule has 2 aromatic rings. The number of aryl methyl sites for hydroxylation is 1. The van der Waals surface area contributed by atoms with Gasteiger partial charge in [0.2, 0.25) is 5.91 Å². The van der Waals surface area contributed by atoms with E-state index in [2.05, 4.69) is 57.6 Å². The Balaban J connectivity index is 1.68. The molecular formula is C26H39N5O2. The van der Waals surface area contributed by atoms with Crippen molar-refractivity contribution in [1.82, 2.24) is 19.6 Å². The number of piperazine rings is 1. The van der Waals surface area contributed by atoms with Crippen LogP contribution in [0, 0.1) is 12.8 Å². The zero-order valence-corrected chi connectivity index (χ0v) is 20.5. The number of amides is 1. The molecule has 0 radical (unpaired) electrons. The Morgan fingerprint density at radius 2 is 1.82 bits per heavy atom. The number of benzene rings is 1. The van der Waals surface area contributed by atoms with Gasteiger partial charge in [0.05, 0.1) is 17.9 Å². The van der Waals surface area contributed by atoms with E-state index in [1.807, 2.05) is 6.07 Å². The zero-order chi connectivity index (χ0) is 23.2. The second-order valence-electron chi connectivity index (χ2n) is 9.51. The maximum Gasteiger partial charge on any atom is 0.225 e. The molecule has 1 aliphatic heterocycles. The number of carbonyl (C=O) groups excluding carboxylic acids is 1. The van der Waals surface area contributed by atoms with Crippen molar-refractivity contribution in [2.75, 3.05) is 58.4 Å². The standard InChI is InChI=1S/C26H39N5O2/c1-21-24(20-30(14-9-19-33-3)26(32)22-10-7-8-11-22)25(29-17-15-28(2)16-18-29)31(27-21)23-12-5-4-6-13-23/h4-6,12-13,22H,7-11,14-20H2,1-3H3. The molecule has 1 aromatic carbocycles. The summed E-state index contributed by atoms with van der Waals surface area (Å²) >= 11 is 0. The third-order valence-corrected chi connectivity index (χ3v) is 7.10. The van der Waals surface area contributed by atoms with Crippen LogP contribution >= 0.6 is 0 Å². The van der Waals surface area contributed by atoms with Gasteiger partial charge in [-0.2, -0.15) is 5.10 Å². The van der Waals surface area contributed by atoms with Crippen molar-refractivity contribution >= 4 is 11.7 Å². The number of methoxy groups -OCH3 is 1. The molecular weight excluding hydrogens is 414 g/mol. The molecule has 0 N–H and O–H groups in total. The van der Waals surface area contributed by atoms with E-state index < -0.39 is 0 Å². The summed E-state index contributed by atoms with van der Waals surface area (Å²) < 4.78 is 7.38. The minimum absolute atomic E-state index is 0.170. The van der Waals surface area contributed by atoms with E-state index in [4.69, 9.17) is 9.84 Å². The molecule has 0 bridgehead atoms. The van der Waals surface area contributed by atoms with E-state index in [1.165, 1.54) is 18.4 Å². The zero-order valence-electron chi connectivity index (χ0n) is 20.5. The lowest BCUT2D eigenvalue weighted by atomic mass is 10.1. The Hall–Kier alpha value is -2.38. The number of rotatable bonds is 9. The van der Waals surface area contributed by atoms with Crippen LogP contribution in [0.2, 0.25) is 0 Å². The topological polar surface area (TPSA) is 53.8 Å². The number of likely N-dealkylation sites (N-methyl/N-ethyl adjacent to an activating group) is 1. The third kappa shape index (κ3) is 5.58. The molecule has 1 saturated heterocycles. The summed E-state index contributed by atoms with van der Waals surface area (Å²) in [6, 6.07) is 10.4. The van der Waals surface area contributed by atoms with E-state index >= 15 is 0 Å². The number of hydrogen-bond acceptors (Lipinski definition) is 5. The number of hydrogen-bond donors (Lipinski definition) is 0. The summed E-state index contributed by atoms with van der Waals surface area (Å²) in [7, 11) is 3.90. The minimum atomic E-state index is 0.170.